The number of carbonyl (C=O) groups excluding carboxylic acids is 3. The van der Waals surface area contributed by atoms with E-state index in [1.165, 1.54) is 16.2 Å². The fraction of sp³-hybridized carbons (Fsp3) is 0.160. The topological polar surface area (TPSA) is 92.7 Å². The molecular weight excluding hydrogens is 452 g/mol. The number of aryl methyl sites for hydroxylation is 1. The van der Waals surface area contributed by atoms with Crippen molar-refractivity contribution >= 4 is 44.4 Å². The summed E-state index contributed by atoms with van der Waals surface area (Å²) in [4.78, 5) is 50.5. The molecule has 1 aliphatic heterocycles. The van der Waals surface area contributed by atoms with Crippen molar-refractivity contribution in [1.82, 2.24) is 14.9 Å². The van der Waals surface area contributed by atoms with Gasteiger partial charge in [0.25, 0.3) is 11.8 Å². The van der Waals surface area contributed by atoms with E-state index < -0.39 is 24.3 Å². The molecule has 0 saturated heterocycles. The molecule has 4 aromatic rings. The fourth-order valence-corrected chi connectivity index (χ4v) is 4.99. The van der Waals surface area contributed by atoms with Gasteiger partial charge in [-0.05, 0) is 42.3 Å². The van der Waals surface area contributed by atoms with Crippen LogP contribution in [0.5, 0.6) is 5.75 Å². The molecule has 0 aliphatic carbocycles. The fourth-order valence-electron chi connectivity index (χ4n) is 3.92. The SMILES string of the molecule is COc1ccc(C)c2sc(N(Cc3cccnc3)C(=O)CN3C(=O)c4ccccc4C3=O)nc12. The quantitative estimate of drug-likeness (QED) is 0.396. The molecule has 34 heavy (non-hydrogen) atoms. The standard InChI is InChI=1S/C25H20N4O4S/c1-15-9-10-19(33-2)21-22(15)34-25(27-21)28(13-16-6-5-11-26-12-16)20(30)14-29-23(31)17-7-3-4-8-18(17)24(29)32/h3-12H,13-14H2,1-2H3. The van der Waals surface area contributed by atoms with Crippen molar-refractivity contribution in [2.24, 2.45) is 0 Å². The molecule has 0 bridgehead atoms. The van der Waals surface area contributed by atoms with E-state index in [0.717, 1.165) is 20.7 Å². The van der Waals surface area contributed by atoms with Crippen molar-refractivity contribution in [2.45, 2.75) is 13.5 Å². The molecule has 8 nitrogen and oxygen atoms in total. The Labute approximate surface area is 199 Å². The highest BCUT2D eigenvalue weighted by Gasteiger charge is 2.37. The Morgan fingerprint density at radius 2 is 1.79 bits per heavy atom. The van der Waals surface area contributed by atoms with Gasteiger partial charge < -0.3 is 4.74 Å². The maximum absolute atomic E-state index is 13.6. The second kappa shape index (κ2) is 8.68. The Morgan fingerprint density at radius 3 is 2.44 bits per heavy atom. The van der Waals surface area contributed by atoms with Gasteiger partial charge >= 0.3 is 0 Å². The van der Waals surface area contributed by atoms with Gasteiger partial charge in [-0.15, -0.1) is 0 Å². The van der Waals surface area contributed by atoms with E-state index in [4.69, 9.17) is 9.72 Å². The van der Waals surface area contributed by atoms with Crippen molar-refractivity contribution < 1.29 is 19.1 Å². The molecule has 5 rings (SSSR count). The Morgan fingerprint density at radius 1 is 1.06 bits per heavy atom. The zero-order chi connectivity index (χ0) is 23.8. The zero-order valence-corrected chi connectivity index (χ0v) is 19.3. The first-order valence-electron chi connectivity index (χ1n) is 10.6. The molecule has 3 amide bonds. The molecule has 1 aliphatic rings. The third-order valence-electron chi connectivity index (χ3n) is 5.68. The van der Waals surface area contributed by atoms with Gasteiger partial charge in [-0.25, -0.2) is 4.98 Å². The summed E-state index contributed by atoms with van der Waals surface area (Å²) in [7, 11) is 1.57. The number of thiazole rings is 1. The molecular formula is C25H20N4O4S. The van der Waals surface area contributed by atoms with E-state index in [1.807, 2.05) is 25.1 Å². The average Bonchev–Trinajstić information content (AvgIpc) is 3.40. The van der Waals surface area contributed by atoms with E-state index in [2.05, 4.69) is 4.98 Å². The number of nitrogens with zero attached hydrogens (tertiary/aromatic N) is 4. The maximum Gasteiger partial charge on any atom is 0.262 e. The van der Waals surface area contributed by atoms with Crippen LogP contribution in [0.3, 0.4) is 0 Å². The van der Waals surface area contributed by atoms with Crippen molar-refractivity contribution in [3.63, 3.8) is 0 Å². The summed E-state index contributed by atoms with van der Waals surface area (Å²) >= 11 is 1.36. The molecule has 0 saturated carbocycles. The van der Waals surface area contributed by atoms with Crippen molar-refractivity contribution in [1.29, 1.82) is 0 Å². The lowest BCUT2D eigenvalue weighted by atomic mass is 10.1. The molecule has 0 atom stereocenters. The molecule has 2 aromatic heterocycles. The van der Waals surface area contributed by atoms with Gasteiger partial charge in [0.2, 0.25) is 5.91 Å². The monoisotopic (exact) mass is 472 g/mol. The summed E-state index contributed by atoms with van der Waals surface area (Å²) in [5.41, 5.74) is 3.07. The number of anilines is 1. The number of carbonyl (C=O) groups is 3. The number of rotatable bonds is 6. The van der Waals surface area contributed by atoms with Crippen molar-refractivity contribution in [3.05, 3.63) is 83.2 Å². The number of ether oxygens (including phenoxy) is 1. The van der Waals surface area contributed by atoms with Crippen LogP contribution in [0.1, 0.15) is 31.8 Å². The second-order valence-corrected chi connectivity index (χ2v) is 8.82. The first-order chi connectivity index (χ1) is 16.5. The van der Waals surface area contributed by atoms with Gasteiger partial charge in [0, 0.05) is 12.4 Å². The number of methoxy groups -OCH3 is 1. The van der Waals surface area contributed by atoms with E-state index in [1.54, 1.807) is 49.8 Å². The lowest BCUT2D eigenvalue weighted by Crippen LogP contribution is -2.42. The molecule has 0 N–H and O–H groups in total. The predicted octanol–water partition coefficient (Wildman–Crippen LogP) is 3.84. The van der Waals surface area contributed by atoms with Gasteiger partial charge in [0.15, 0.2) is 5.13 Å². The number of hydrogen-bond donors (Lipinski definition) is 0. The summed E-state index contributed by atoms with van der Waals surface area (Å²) in [6.07, 6.45) is 3.32. The van der Waals surface area contributed by atoms with Crippen LogP contribution in [0.4, 0.5) is 5.13 Å². The van der Waals surface area contributed by atoms with Crippen LogP contribution in [0.15, 0.2) is 60.9 Å². The van der Waals surface area contributed by atoms with Crippen molar-refractivity contribution in [3.8, 4) is 5.75 Å². The average molecular weight is 473 g/mol. The van der Waals surface area contributed by atoms with E-state index in [-0.39, 0.29) is 6.54 Å². The third kappa shape index (κ3) is 3.69. The van der Waals surface area contributed by atoms with E-state index in [9.17, 15) is 14.4 Å². The van der Waals surface area contributed by atoms with Crippen LogP contribution in [-0.2, 0) is 11.3 Å². The number of pyridine rings is 1. The Kier molecular flexibility index (Phi) is 5.54. The Bertz CT molecular complexity index is 1400. The highest BCUT2D eigenvalue weighted by Crippen LogP contribution is 2.37. The Balaban J connectivity index is 1.52. The minimum atomic E-state index is -0.475. The lowest BCUT2D eigenvalue weighted by Gasteiger charge is -2.22. The number of fused-ring (bicyclic) bond motifs is 2. The molecule has 0 fully saturated rings. The largest absolute Gasteiger partial charge is 0.494 e. The van der Waals surface area contributed by atoms with Gasteiger partial charge in [0.05, 0.1) is 29.5 Å². The summed E-state index contributed by atoms with van der Waals surface area (Å²) in [6, 6.07) is 14.0. The zero-order valence-electron chi connectivity index (χ0n) is 18.5. The summed E-state index contributed by atoms with van der Waals surface area (Å²) in [5.74, 6) is -0.763. The minimum Gasteiger partial charge on any atom is -0.494 e. The van der Waals surface area contributed by atoms with Crippen LogP contribution < -0.4 is 9.64 Å². The number of imide groups is 1. The predicted molar refractivity (Wildman–Crippen MR) is 128 cm³/mol. The number of benzene rings is 2. The van der Waals surface area contributed by atoms with E-state index in [0.29, 0.717) is 27.5 Å². The van der Waals surface area contributed by atoms with Gasteiger partial charge in [-0.2, -0.15) is 0 Å². The minimum absolute atomic E-state index is 0.191. The highest BCUT2D eigenvalue weighted by molar-refractivity contribution is 7.22. The van der Waals surface area contributed by atoms with Crippen molar-refractivity contribution in [2.75, 3.05) is 18.6 Å². The number of aromatic nitrogens is 2. The molecule has 2 aromatic carbocycles. The molecule has 170 valence electrons. The first-order valence-corrected chi connectivity index (χ1v) is 11.4. The summed E-state index contributed by atoms with van der Waals surface area (Å²) in [5, 5.41) is 0.452. The van der Waals surface area contributed by atoms with Gasteiger partial charge in [-0.3, -0.25) is 29.2 Å². The van der Waals surface area contributed by atoms with Gasteiger partial charge in [0.1, 0.15) is 17.8 Å². The number of amides is 3. The highest BCUT2D eigenvalue weighted by atomic mass is 32.1. The first kappa shape index (κ1) is 21.7. The second-order valence-electron chi connectivity index (χ2n) is 7.84. The van der Waals surface area contributed by atoms with Crippen LogP contribution in [0.25, 0.3) is 10.2 Å². The third-order valence-corrected chi connectivity index (χ3v) is 6.89. The maximum atomic E-state index is 13.6. The molecule has 0 unspecified atom stereocenters. The van der Waals surface area contributed by atoms with Crippen LogP contribution in [-0.4, -0.2) is 46.2 Å². The molecule has 0 spiro atoms. The lowest BCUT2D eigenvalue weighted by molar-refractivity contribution is -0.119. The molecule has 0 radical (unpaired) electrons. The summed E-state index contributed by atoms with van der Waals surface area (Å²) < 4.78 is 6.36. The van der Waals surface area contributed by atoms with E-state index >= 15 is 0 Å². The number of hydrogen-bond acceptors (Lipinski definition) is 7. The van der Waals surface area contributed by atoms with Crippen LogP contribution >= 0.6 is 11.3 Å². The Hall–Kier alpha value is -4.11. The normalized spacial score (nSPS) is 12.8. The van der Waals surface area contributed by atoms with Crippen LogP contribution in [0.2, 0.25) is 0 Å². The smallest absolute Gasteiger partial charge is 0.262 e. The summed E-state index contributed by atoms with van der Waals surface area (Å²) in [6.45, 7) is 1.77. The molecule has 9 heteroatoms. The molecule has 3 heterocycles. The van der Waals surface area contributed by atoms with Gasteiger partial charge in [-0.1, -0.05) is 35.6 Å². The van der Waals surface area contributed by atoms with Crippen LogP contribution in [0, 0.1) is 6.92 Å².